The van der Waals surface area contributed by atoms with Crippen molar-refractivity contribution in [1.82, 2.24) is 14.7 Å². The van der Waals surface area contributed by atoms with E-state index in [0.717, 1.165) is 11.3 Å². The van der Waals surface area contributed by atoms with Crippen LogP contribution in [0.1, 0.15) is 26.4 Å². The van der Waals surface area contributed by atoms with Crippen molar-refractivity contribution in [2.45, 2.75) is 6.61 Å². The second-order valence-corrected chi connectivity index (χ2v) is 6.59. The fraction of sp³-hybridized carbons (Fsp3) is 0.0870. The standard InChI is InChI=1S/C23H20N4O3/c1-24-23(29)19-9-2-3-10-20(19)26-22(28)16-7-6-8-18(13-16)30-15-17-14-27-12-5-4-11-21(27)25-17/h2-14H,15H2,1H3,(H,24,29)(H,26,28). The van der Waals surface area contributed by atoms with Crippen LogP contribution in [0.2, 0.25) is 0 Å². The number of amides is 2. The van der Waals surface area contributed by atoms with E-state index in [4.69, 9.17) is 4.74 Å². The number of anilines is 1. The molecule has 2 aromatic carbocycles. The van der Waals surface area contributed by atoms with Crippen LogP contribution in [0.25, 0.3) is 5.65 Å². The Morgan fingerprint density at radius 3 is 2.67 bits per heavy atom. The van der Waals surface area contributed by atoms with Gasteiger partial charge in [-0.05, 0) is 42.5 Å². The maximum absolute atomic E-state index is 12.7. The number of carbonyl (C=O) groups is 2. The fourth-order valence-electron chi connectivity index (χ4n) is 3.06. The molecule has 0 saturated heterocycles. The summed E-state index contributed by atoms with van der Waals surface area (Å²) in [7, 11) is 1.55. The minimum Gasteiger partial charge on any atom is -0.487 e. The lowest BCUT2D eigenvalue weighted by molar-refractivity contribution is 0.0964. The summed E-state index contributed by atoms with van der Waals surface area (Å²) in [6, 6.07) is 19.5. The molecule has 4 aromatic rings. The highest BCUT2D eigenvalue weighted by Gasteiger charge is 2.13. The van der Waals surface area contributed by atoms with E-state index in [9.17, 15) is 9.59 Å². The minimum atomic E-state index is -0.329. The Kier molecular flexibility index (Phi) is 5.43. The van der Waals surface area contributed by atoms with Gasteiger partial charge in [-0.25, -0.2) is 4.98 Å². The van der Waals surface area contributed by atoms with Crippen LogP contribution in [0, 0.1) is 0 Å². The summed E-state index contributed by atoms with van der Waals surface area (Å²) in [6.45, 7) is 0.284. The molecule has 4 rings (SSSR count). The monoisotopic (exact) mass is 400 g/mol. The first-order valence-corrected chi connectivity index (χ1v) is 9.42. The van der Waals surface area contributed by atoms with Crippen LogP contribution >= 0.6 is 0 Å². The summed E-state index contributed by atoms with van der Waals surface area (Å²) in [5.74, 6) is -0.0423. The highest BCUT2D eigenvalue weighted by molar-refractivity contribution is 6.09. The number of aromatic nitrogens is 2. The maximum atomic E-state index is 12.7. The van der Waals surface area contributed by atoms with Gasteiger partial charge in [0.15, 0.2) is 0 Å². The van der Waals surface area contributed by atoms with E-state index < -0.39 is 0 Å². The number of imidazole rings is 1. The van der Waals surface area contributed by atoms with Gasteiger partial charge < -0.3 is 19.8 Å². The zero-order chi connectivity index (χ0) is 20.9. The summed E-state index contributed by atoms with van der Waals surface area (Å²) >= 11 is 0. The highest BCUT2D eigenvalue weighted by atomic mass is 16.5. The number of benzene rings is 2. The number of nitrogens with one attached hydrogen (secondary N) is 2. The quantitative estimate of drug-likeness (QED) is 0.519. The zero-order valence-electron chi connectivity index (χ0n) is 16.3. The molecule has 0 fully saturated rings. The van der Waals surface area contributed by atoms with Gasteiger partial charge in [0, 0.05) is 25.0 Å². The van der Waals surface area contributed by atoms with Gasteiger partial charge in [-0.15, -0.1) is 0 Å². The molecule has 2 N–H and O–H groups in total. The van der Waals surface area contributed by atoms with E-state index in [-0.39, 0.29) is 18.4 Å². The first-order valence-electron chi connectivity index (χ1n) is 9.42. The van der Waals surface area contributed by atoms with Crippen LogP contribution in [-0.2, 0) is 6.61 Å². The van der Waals surface area contributed by atoms with E-state index in [2.05, 4.69) is 15.6 Å². The van der Waals surface area contributed by atoms with Gasteiger partial charge in [0.2, 0.25) is 0 Å². The molecule has 30 heavy (non-hydrogen) atoms. The predicted molar refractivity (Wildman–Crippen MR) is 114 cm³/mol. The van der Waals surface area contributed by atoms with E-state index >= 15 is 0 Å². The lowest BCUT2D eigenvalue weighted by atomic mass is 10.1. The Hall–Kier alpha value is -4.13. The lowest BCUT2D eigenvalue weighted by Gasteiger charge is -2.11. The SMILES string of the molecule is CNC(=O)c1ccccc1NC(=O)c1cccc(OCc2cn3ccccc3n2)c1. The number of fused-ring (bicyclic) bond motifs is 1. The smallest absolute Gasteiger partial charge is 0.255 e. The Balaban J connectivity index is 1.46. The molecule has 0 atom stereocenters. The van der Waals surface area contributed by atoms with Crippen LogP contribution in [0.5, 0.6) is 5.75 Å². The van der Waals surface area contributed by atoms with Gasteiger partial charge in [-0.2, -0.15) is 0 Å². The maximum Gasteiger partial charge on any atom is 0.255 e. The van der Waals surface area contributed by atoms with E-state index in [1.165, 1.54) is 0 Å². The van der Waals surface area contributed by atoms with Crippen molar-refractivity contribution in [2.24, 2.45) is 0 Å². The molecule has 2 heterocycles. The molecule has 0 radical (unpaired) electrons. The van der Waals surface area contributed by atoms with E-state index in [0.29, 0.717) is 22.6 Å². The fourth-order valence-corrected chi connectivity index (χ4v) is 3.06. The van der Waals surface area contributed by atoms with Crippen molar-refractivity contribution < 1.29 is 14.3 Å². The third-order valence-corrected chi connectivity index (χ3v) is 4.54. The van der Waals surface area contributed by atoms with Crippen LogP contribution in [-0.4, -0.2) is 28.2 Å². The molecule has 150 valence electrons. The molecule has 2 aromatic heterocycles. The number of rotatable bonds is 6. The van der Waals surface area contributed by atoms with Crippen molar-refractivity contribution in [3.05, 3.63) is 95.9 Å². The largest absolute Gasteiger partial charge is 0.487 e. The Bertz CT molecular complexity index is 1180. The molecule has 0 aliphatic rings. The lowest BCUT2D eigenvalue weighted by Crippen LogP contribution is -2.21. The highest BCUT2D eigenvalue weighted by Crippen LogP contribution is 2.19. The molecule has 0 bridgehead atoms. The second-order valence-electron chi connectivity index (χ2n) is 6.59. The van der Waals surface area contributed by atoms with Gasteiger partial charge in [0.1, 0.15) is 18.0 Å². The third-order valence-electron chi connectivity index (χ3n) is 4.54. The van der Waals surface area contributed by atoms with Crippen molar-refractivity contribution in [3.8, 4) is 5.75 Å². The molecular formula is C23H20N4O3. The minimum absolute atomic E-state index is 0.268. The van der Waals surface area contributed by atoms with Crippen LogP contribution in [0.3, 0.4) is 0 Å². The first kappa shape index (κ1) is 19.2. The number of nitrogens with zero attached hydrogens (tertiary/aromatic N) is 2. The summed E-state index contributed by atoms with van der Waals surface area (Å²) in [4.78, 5) is 29.2. The number of para-hydroxylation sites is 1. The van der Waals surface area contributed by atoms with E-state index in [1.807, 2.05) is 35.0 Å². The first-order chi connectivity index (χ1) is 14.6. The van der Waals surface area contributed by atoms with Gasteiger partial charge in [-0.1, -0.05) is 24.3 Å². The molecule has 7 heteroatoms. The normalized spacial score (nSPS) is 10.6. The Morgan fingerprint density at radius 1 is 1.00 bits per heavy atom. The number of pyridine rings is 1. The number of hydrogen-bond acceptors (Lipinski definition) is 4. The zero-order valence-corrected chi connectivity index (χ0v) is 16.3. The van der Waals surface area contributed by atoms with Crippen LogP contribution in [0.4, 0.5) is 5.69 Å². The Morgan fingerprint density at radius 2 is 1.83 bits per heavy atom. The number of carbonyl (C=O) groups excluding carboxylic acids is 2. The summed E-state index contributed by atoms with van der Waals surface area (Å²) in [5, 5.41) is 5.36. The van der Waals surface area contributed by atoms with E-state index in [1.54, 1.807) is 55.6 Å². The molecule has 0 aliphatic carbocycles. The summed E-state index contributed by atoms with van der Waals surface area (Å²) in [6.07, 6.45) is 3.83. The van der Waals surface area contributed by atoms with Gasteiger partial charge in [-0.3, -0.25) is 9.59 Å². The number of ether oxygens (including phenoxy) is 1. The summed E-state index contributed by atoms with van der Waals surface area (Å²) in [5.41, 5.74) is 2.90. The van der Waals surface area contributed by atoms with Gasteiger partial charge in [0.25, 0.3) is 11.8 Å². The van der Waals surface area contributed by atoms with Crippen molar-refractivity contribution >= 4 is 23.1 Å². The van der Waals surface area contributed by atoms with Gasteiger partial charge >= 0.3 is 0 Å². The van der Waals surface area contributed by atoms with Crippen molar-refractivity contribution in [1.29, 1.82) is 0 Å². The summed E-state index contributed by atoms with van der Waals surface area (Å²) < 4.78 is 7.75. The topological polar surface area (TPSA) is 84.7 Å². The van der Waals surface area contributed by atoms with Crippen molar-refractivity contribution in [3.63, 3.8) is 0 Å². The molecule has 7 nitrogen and oxygen atoms in total. The molecule has 0 aliphatic heterocycles. The second kappa shape index (κ2) is 8.48. The van der Waals surface area contributed by atoms with Crippen molar-refractivity contribution in [2.75, 3.05) is 12.4 Å². The Labute approximate surface area is 173 Å². The van der Waals surface area contributed by atoms with Crippen LogP contribution < -0.4 is 15.4 Å². The molecule has 0 unspecified atom stereocenters. The molecule has 0 spiro atoms. The number of hydrogen-bond donors (Lipinski definition) is 2. The predicted octanol–water partition coefficient (Wildman–Crippen LogP) is 3.53. The molecule has 2 amide bonds. The third kappa shape index (κ3) is 4.15. The molecule has 0 saturated carbocycles. The average molecular weight is 400 g/mol. The van der Waals surface area contributed by atoms with Crippen LogP contribution in [0.15, 0.2) is 79.1 Å². The van der Waals surface area contributed by atoms with Gasteiger partial charge in [0.05, 0.1) is 16.9 Å². The average Bonchev–Trinajstić information content (AvgIpc) is 3.21. The molecular weight excluding hydrogens is 380 g/mol.